The van der Waals surface area contributed by atoms with Crippen LogP contribution in [0.5, 0.6) is 0 Å². The van der Waals surface area contributed by atoms with Crippen LogP contribution in [0.4, 0.5) is 0 Å². The normalized spacial score (nSPS) is 26.2. The molecule has 0 N–H and O–H groups in total. The number of alkyl halides is 1. The van der Waals surface area contributed by atoms with Crippen molar-refractivity contribution >= 4 is 17.4 Å². The molecule has 0 bridgehead atoms. The van der Waals surface area contributed by atoms with Gasteiger partial charge in [-0.1, -0.05) is 17.7 Å². The molecule has 1 atom stereocenters. The molecule has 13 heavy (non-hydrogen) atoms. The van der Waals surface area contributed by atoms with Crippen LogP contribution >= 0.6 is 11.6 Å². The first-order valence-corrected chi connectivity index (χ1v) is 4.72. The summed E-state index contributed by atoms with van der Waals surface area (Å²) in [7, 11) is 0. The van der Waals surface area contributed by atoms with E-state index in [2.05, 4.69) is 0 Å². The third-order valence-corrected chi connectivity index (χ3v) is 2.81. The lowest BCUT2D eigenvalue weighted by Gasteiger charge is -2.09. The first-order valence-electron chi connectivity index (χ1n) is 4.34. The Labute approximate surface area is 82.7 Å². The average Bonchev–Trinajstić information content (AvgIpc) is 2.26. The van der Waals surface area contributed by atoms with Gasteiger partial charge in [0.05, 0.1) is 0 Å². The summed E-state index contributed by atoms with van der Waals surface area (Å²) in [4.78, 5) is 11.0. The van der Waals surface area contributed by atoms with Crippen LogP contribution in [-0.2, 0) is 6.42 Å². The molecule has 0 saturated carbocycles. The van der Waals surface area contributed by atoms with Crippen LogP contribution in [0.2, 0.25) is 0 Å². The second kappa shape index (κ2) is 2.58. The van der Waals surface area contributed by atoms with Gasteiger partial charge in [-0.05, 0) is 31.9 Å². The molecule has 1 aliphatic carbocycles. The van der Waals surface area contributed by atoms with Crippen LogP contribution in [0, 0.1) is 6.92 Å². The van der Waals surface area contributed by atoms with Gasteiger partial charge in [0, 0.05) is 5.56 Å². The SMILES string of the molecule is Cc1ccc2c(c1)C(=O)C(C)(Cl)C2. The summed E-state index contributed by atoms with van der Waals surface area (Å²) in [6.07, 6.45) is 0.656. The van der Waals surface area contributed by atoms with Gasteiger partial charge in [-0.25, -0.2) is 0 Å². The Hall–Kier alpha value is -0.820. The molecule has 1 aliphatic rings. The Balaban J connectivity index is 2.57. The lowest BCUT2D eigenvalue weighted by atomic mass is 10.1. The van der Waals surface area contributed by atoms with E-state index in [-0.39, 0.29) is 5.78 Å². The number of aryl methyl sites for hydroxylation is 1. The maximum absolute atomic E-state index is 11.7. The lowest BCUT2D eigenvalue weighted by molar-refractivity contribution is 0.0961. The van der Waals surface area contributed by atoms with Crippen LogP contribution in [0.15, 0.2) is 18.2 Å². The van der Waals surface area contributed by atoms with Crippen LogP contribution < -0.4 is 0 Å². The molecule has 0 aromatic heterocycles. The molecule has 0 aliphatic heterocycles. The predicted molar refractivity (Wildman–Crippen MR) is 53.5 cm³/mol. The summed E-state index contributed by atoms with van der Waals surface area (Å²) in [5.41, 5.74) is 2.99. The van der Waals surface area contributed by atoms with E-state index in [1.165, 1.54) is 0 Å². The zero-order valence-electron chi connectivity index (χ0n) is 7.73. The van der Waals surface area contributed by atoms with Crippen molar-refractivity contribution in [3.63, 3.8) is 0 Å². The van der Waals surface area contributed by atoms with E-state index >= 15 is 0 Å². The largest absolute Gasteiger partial charge is 0.292 e. The highest BCUT2D eigenvalue weighted by molar-refractivity contribution is 6.39. The number of fused-ring (bicyclic) bond motifs is 1. The summed E-state index contributed by atoms with van der Waals surface area (Å²) < 4.78 is 0. The third kappa shape index (κ3) is 1.28. The van der Waals surface area contributed by atoms with Crippen LogP contribution in [0.1, 0.15) is 28.4 Å². The highest BCUT2D eigenvalue weighted by atomic mass is 35.5. The minimum atomic E-state index is -0.712. The van der Waals surface area contributed by atoms with Crippen molar-refractivity contribution in [1.29, 1.82) is 0 Å². The van der Waals surface area contributed by atoms with E-state index in [0.717, 1.165) is 16.7 Å². The fourth-order valence-corrected chi connectivity index (χ4v) is 2.02. The zero-order valence-corrected chi connectivity index (χ0v) is 8.48. The maximum atomic E-state index is 11.7. The molecular formula is C11H11ClO. The predicted octanol–water partition coefficient (Wildman–Crippen LogP) is 2.73. The number of Topliss-reactive ketones (excluding diaryl/α,β-unsaturated/α-hetero) is 1. The Morgan fingerprint density at radius 2 is 2.15 bits per heavy atom. The Morgan fingerprint density at radius 3 is 2.85 bits per heavy atom. The van der Waals surface area contributed by atoms with Crippen LogP contribution in [-0.4, -0.2) is 10.7 Å². The van der Waals surface area contributed by atoms with Gasteiger partial charge >= 0.3 is 0 Å². The van der Waals surface area contributed by atoms with Crippen molar-refractivity contribution in [2.45, 2.75) is 25.1 Å². The summed E-state index contributed by atoms with van der Waals surface area (Å²) >= 11 is 6.09. The fourth-order valence-electron chi connectivity index (χ4n) is 1.77. The van der Waals surface area contributed by atoms with E-state index in [0.29, 0.717) is 6.42 Å². The maximum Gasteiger partial charge on any atom is 0.184 e. The van der Waals surface area contributed by atoms with E-state index in [1.807, 2.05) is 25.1 Å². The molecule has 1 aromatic carbocycles. The number of carbonyl (C=O) groups excluding carboxylic acids is 1. The number of halogens is 1. The van der Waals surface area contributed by atoms with Crippen molar-refractivity contribution in [1.82, 2.24) is 0 Å². The van der Waals surface area contributed by atoms with Crippen molar-refractivity contribution in [2.75, 3.05) is 0 Å². The highest BCUT2D eigenvalue weighted by Crippen LogP contribution is 2.34. The molecule has 2 rings (SSSR count). The van der Waals surface area contributed by atoms with Gasteiger partial charge in [-0.15, -0.1) is 11.6 Å². The Kier molecular flexibility index (Phi) is 1.74. The number of carbonyl (C=O) groups is 1. The number of rotatable bonds is 0. The number of benzene rings is 1. The molecule has 0 amide bonds. The molecule has 1 nitrogen and oxygen atoms in total. The zero-order chi connectivity index (χ0) is 9.64. The summed E-state index contributed by atoms with van der Waals surface area (Å²) in [5.74, 6) is 0.0628. The highest BCUT2D eigenvalue weighted by Gasteiger charge is 2.39. The summed E-state index contributed by atoms with van der Waals surface area (Å²) in [5, 5.41) is 0. The molecule has 0 saturated heterocycles. The number of hydrogen-bond donors (Lipinski definition) is 0. The standard InChI is InChI=1S/C11H11ClO/c1-7-3-4-8-6-11(2,12)10(13)9(8)5-7/h3-5H,6H2,1-2H3. The fraction of sp³-hybridized carbons (Fsp3) is 0.364. The molecular weight excluding hydrogens is 184 g/mol. The Bertz CT molecular complexity index is 380. The van der Waals surface area contributed by atoms with Crippen LogP contribution in [0.25, 0.3) is 0 Å². The Morgan fingerprint density at radius 1 is 1.46 bits per heavy atom. The minimum Gasteiger partial charge on any atom is -0.292 e. The molecule has 2 heteroatoms. The van der Waals surface area contributed by atoms with Gasteiger partial charge in [0.1, 0.15) is 4.87 Å². The van der Waals surface area contributed by atoms with E-state index in [1.54, 1.807) is 6.92 Å². The van der Waals surface area contributed by atoms with E-state index < -0.39 is 4.87 Å². The van der Waals surface area contributed by atoms with Gasteiger partial charge in [0.15, 0.2) is 5.78 Å². The first kappa shape index (κ1) is 8.76. The smallest absolute Gasteiger partial charge is 0.184 e. The molecule has 1 unspecified atom stereocenters. The van der Waals surface area contributed by atoms with Gasteiger partial charge < -0.3 is 0 Å². The molecule has 0 spiro atoms. The average molecular weight is 195 g/mol. The molecule has 0 heterocycles. The topological polar surface area (TPSA) is 17.1 Å². The van der Waals surface area contributed by atoms with E-state index in [4.69, 9.17) is 11.6 Å². The first-order chi connectivity index (χ1) is 6.00. The second-order valence-electron chi connectivity index (χ2n) is 3.86. The van der Waals surface area contributed by atoms with Crippen molar-refractivity contribution in [3.05, 3.63) is 34.9 Å². The molecule has 68 valence electrons. The molecule has 0 fully saturated rings. The van der Waals surface area contributed by atoms with Crippen molar-refractivity contribution in [2.24, 2.45) is 0 Å². The number of ketones is 1. The second-order valence-corrected chi connectivity index (χ2v) is 4.70. The minimum absolute atomic E-state index is 0.0628. The van der Waals surface area contributed by atoms with Gasteiger partial charge in [-0.3, -0.25) is 4.79 Å². The van der Waals surface area contributed by atoms with Gasteiger partial charge in [0.25, 0.3) is 0 Å². The quantitative estimate of drug-likeness (QED) is 0.581. The molecule has 1 aromatic rings. The molecule has 0 radical (unpaired) electrons. The van der Waals surface area contributed by atoms with Gasteiger partial charge in [-0.2, -0.15) is 0 Å². The third-order valence-electron chi connectivity index (χ3n) is 2.51. The summed E-state index contributed by atoms with van der Waals surface area (Å²) in [6, 6.07) is 5.94. The van der Waals surface area contributed by atoms with Gasteiger partial charge in [0.2, 0.25) is 0 Å². The summed E-state index contributed by atoms with van der Waals surface area (Å²) in [6.45, 7) is 3.77. The number of hydrogen-bond acceptors (Lipinski definition) is 1. The monoisotopic (exact) mass is 194 g/mol. The van der Waals surface area contributed by atoms with Crippen molar-refractivity contribution in [3.8, 4) is 0 Å². The van der Waals surface area contributed by atoms with E-state index in [9.17, 15) is 4.79 Å². The van der Waals surface area contributed by atoms with Crippen molar-refractivity contribution < 1.29 is 4.79 Å². The van der Waals surface area contributed by atoms with Crippen LogP contribution in [0.3, 0.4) is 0 Å². The lowest BCUT2D eigenvalue weighted by Crippen LogP contribution is -2.24.